The van der Waals surface area contributed by atoms with E-state index in [1.165, 1.54) is 23.0 Å². The average molecular weight is 431 g/mol. The van der Waals surface area contributed by atoms with Gasteiger partial charge in [-0.3, -0.25) is 4.79 Å². The molecule has 1 aliphatic carbocycles. The molecule has 3 nitrogen and oxygen atoms in total. The van der Waals surface area contributed by atoms with Crippen LogP contribution in [-0.2, 0) is 0 Å². The van der Waals surface area contributed by atoms with E-state index in [1.54, 1.807) is 6.07 Å². The molecule has 1 saturated carbocycles. The number of benzene rings is 3. The van der Waals surface area contributed by atoms with Crippen molar-refractivity contribution in [3.05, 3.63) is 77.6 Å². The molecule has 5 heteroatoms. The monoisotopic (exact) mass is 430 g/mol. The van der Waals surface area contributed by atoms with Crippen LogP contribution in [0.1, 0.15) is 41.6 Å². The number of carbonyl (C=O) groups is 1. The zero-order chi connectivity index (χ0) is 21.4. The second-order valence-electron chi connectivity index (χ2n) is 8.23. The van der Waals surface area contributed by atoms with E-state index >= 15 is 0 Å². The zero-order valence-corrected chi connectivity index (χ0v) is 18.1. The largest absolute Gasteiger partial charge is 0.329 e. The molecule has 0 amide bonds. The minimum atomic E-state index is -0.334. The first kappa shape index (κ1) is 19.9. The molecule has 0 aliphatic heterocycles. The number of carbonyl (C=O) groups excluding carboxylic acids is 1. The number of hydrogen-bond donors (Lipinski definition) is 1. The van der Waals surface area contributed by atoms with Gasteiger partial charge in [-0.15, -0.1) is 0 Å². The van der Waals surface area contributed by atoms with E-state index in [1.807, 2.05) is 49.4 Å². The molecule has 1 N–H and O–H groups in total. The Hall–Kier alpha value is -3.05. The van der Waals surface area contributed by atoms with E-state index in [9.17, 15) is 9.18 Å². The number of Topliss-reactive ketones (excluding diaryl/α,β-unsaturated/α-hetero) is 1. The number of nitrogens with one attached hydrogen (secondary N) is 1. The van der Waals surface area contributed by atoms with Crippen LogP contribution in [0.4, 0.5) is 15.2 Å². The highest BCUT2D eigenvalue weighted by molar-refractivity contribution is 7.22. The van der Waals surface area contributed by atoms with Crippen LogP contribution >= 0.6 is 11.3 Å². The number of aromatic nitrogens is 1. The second-order valence-corrected chi connectivity index (χ2v) is 9.26. The Morgan fingerprint density at radius 1 is 1.00 bits per heavy atom. The Bertz CT molecular complexity index is 1260. The van der Waals surface area contributed by atoms with Crippen molar-refractivity contribution in [3.63, 3.8) is 0 Å². The third-order valence-corrected chi connectivity index (χ3v) is 6.92. The van der Waals surface area contributed by atoms with Crippen LogP contribution in [-0.4, -0.2) is 10.8 Å². The molecule has 0 atom stereocenters. The Balaban J connectivity index is 1.34. The summed E-state index contributed by atoms with van der Waals surface area (Å²) in [6.45, 7) is 2.04. The van der Waals surface area contributed by atoms with Gasteiger partial charge in [-0.05, 0) is 60.7 Å². The predicted octanol–water partition coefficient (Wildman–Crippen LogP) is 7.53. The van der Waals surface area contributed by atoms with E-state index in [0.29, 0.717) is 10.8 Å². The number of thiazole rings is 1. The first-order chi connectivity index (χ1) is 15.1. The van der Waals surface area contributed by atoms with Gasteiger partial charge >= 0.3 is 0 Å². The Morgan fingerprint density at radius 2 is 1.74 bits per heavy atom. The summed E-state index contributed by atoms with van der Waals surface area (Å²) in [5, 5.41) is 3.77. The number of fused-ring (bicyclic) bond motifs is 1. The fraction of sp³-hybridized carbons (Fsp3) is 0.231. The van der Waals surface area contributed by atoms with E-state index in [2.05, 4.69) is 16.4 Å². The maximum Gasteiger partial charge on any atom is 0.188 e. The van der Waals surface area contributed by atoms with Crippen molar-refractivity contribution in [1.82, 2.24) is 4.98 Å². The number of aryl methyl sites for hydroxylation is 1. The number of ketones is 1. The van der Waals surface area contributed by atoms with Gasteiger partial charge in [0.2, 0.25) is 0 Å². The molecule has 0 radical (unpaired) electrons. The molecule has 156 valence electrons. The van der Waals surface area contributed by atoms with Crippen molar-refractivity contribution in [3.8, 4) is 11.1 Å². The summed E-state index contributed by atoms with van der Waals surface area (Å²) in [6.07, 6.45) is 4.28. The lowest BCUT2D eigenvalue weighted by Crippen LogP contribution is -2.10. The molecular weight excluding hydrogens is 407 g/mol. The van der Waals surface area contributed by atoms with Gasteiger partial charge in [0.1, 0.15) is 5.82 Å². The highest BCUT2D eigenvalue weighted by atomic mass is 32.1. The Kier molecular flexibility index (Phi) is 5.28. The topological polar surface area (TPSA) is 42.0 Å². The molecule has 1 fully saturated rings. The number of hydrogen-bond acceptors (Lipinski definition) is 4. The van der Waals surface area contributed by atoms with Gasteiger partial charge in [-0.2, -0.15) is 0 Å². The van der Waals surface area contributed by atoms with Crippen LogP contribution in [0.25, 0.3) is 21.3 Å². The number of nitrogens with zero attached hydrogens (tertiary/aromatic N) is 1. The normalized spacial score (nSPS) is 14.3. The zero-order valence-electron chi connectivity index (χ0n) is 17.3. The first-order valence-electron chi connectivity index (χ1n) is 10.7. The molecule has 1 aliphatic rings. The Labute approximate surface area is 185 Å². The molecular formula is C26H23FN2OS. The second kappa shape index (κ2) is 8.23. The van der Waals surface area contributed by atoms with Gasteiger partial charge in [-0.25, -0.2) is 9.37 Å². The van der Waals surface area contributed by atoms with Crippen LogP contribution < -0.4 is 5.32 Å². The SMILES string of the molecule is Cc1ccc2nc(Nc3ccc(-c4ccc(C(=O)C5CCCC5)cc4)cc3F)sc2c1. The highest BCUT2D eigenvalue weighted by Crippen LogP contribution is 2.32. The van der Waals surface area contributed by atoms with Crippen molar-refractivity contribution in [2.75, 3.05) is 5.32 Å². The fourth-order valence-corrected chi connectivity index (χ4v) is 5.22. The highest BCUT2D eigenvalue weighted by Gasteiger charge is 2.23. The summed E-state index contributed by atoms with van der Waals surface area (Å²) in [6, 6.07) is 18.8. The molecule has 4 aromatic rings. The molecule has 1 aromatic heterocycles. The molecule has 0 unspecified atom stereocenters. The van der Waals surface area contributed by atoms with E-state index in [-0.39, 0.29) is 17.5 Å². The lowest BCUT2D eigenvalue weighted by Gasteiger charge is -2.10. The fourth-order valence-electron chi connectivity index (χ4n) is 4.25. The van der Waals surface area contributed by atoms with Gasteiger partial charge < -0.3 is 5.32 Å². The van der Waals surface area contributed by atoms with Gasteiger partial charge in [-0.1, -0.05) is 60.6 Å². The summed E-state index contributed by atoms with van der Waals surface area (Å²) in [5.74, 6) is 0.0694. The molecule has 1 heterocycles. The van der Waals surface area contributed by atoms with Crippen LogP contribution in [0.5, 0.6) is 0 Å². The number of anilines is 2. The van der Waals surface area contributed by atoms with E-state index in [0.717, 1.165) is 52.6 Å². The van der Waals surface area contributed by atoms with Gasteiger partial charge in [0.25, 0.3) is 0 Å². The van der Waals surface area contributed by atoms with Crippen LogP contribution in [0.3, 0.4) is 0 Å². The minimum absolute atomic E-state index is 0.167. The molecule has 31 heavy (non-hydrogen) atoms. The summed E-state index contributed by atoms with van der Waals surface area (Å²) in [4.78, 5) is 17.1. The van der Waals surface area contributed by atoms with Crippen LogP contribution in [0.15, 0.2) is 60.7 Å². The van der Waals surface area contributed by atoms with Crippen LogP contribution in [0.2, 0.25) is 0 Å². The number of rotatable bonds is 5. The lowest BCUT2D eigenvalue weighted by atomic mass is 9.94. The molecule has 0 bridgehead atoms. The van der Waals surface area contributed by atoms with Crippen molar-refractivity contribution < 1.29 is 9.18 Å². The molecule has 3 aromatic carbocycles. The lowest BCUT2D eigenvalue weighted by molar-refractivity contribution is 0.0923. The summed E-state index contributed by atoms with van der Waals surface area (Å²) < 4.78 is 15.9. The molecule has 0 spiro atoms. The first-order valence-corrected chi connectivity index (χ1v) is 11.5. The van der Waals surface area contributed by atoms with E-state index in [4.69, 9.17) is 0 Å². The van der Waals surface area contributed by atoms with Crippen LogP contribution in [0, 0.1) is 18.7 Å². The average Bonchev–Trinajstić information content (AvgIpc) is 3.44. The Morgan fingerprint density at radius 3 is 2.48 bits per heavy atom. The third-order valence-electron chi connectivity index (χ3n) is 5.98. The van der Waals surface area contributed by atoms with Crippen molar-refractivity contribution in [2.45, 2.75) is 32.6 Å². The summed E-state index contributed by atoms with van der Waals surface area (Å²) in [5.41, 5.74) is 4.90. The summed E-state index contributed by atoms with van der Waals surface area (Å²) >= 11 is 1.51. The quantitative estimate of drug-likeness (QED) is 0.333. The number of halogens is 1. The maximum atomic E-state index is 14.8. The van der Waals surface area contributed by atoms with E-state index < -0.39 is 0 Å². The minimum Gasteiger partial charge on any atom is -0.329 e. The summed E-state index contributed by atoms with van der Waals surface area (Å²) in [7, 11) is 0. The molecule has 0 saturated heterocycles. The molecule has 5 rings (SSSR count). The van der Waals surface area contributed by atoms with Crippen molar-refractivity contribution in [2.24, 2.45) is 5.92 Å². The van der Waals surface area contributed by atoms with Crippen molar-refractivity contribution in [1.29, 1.82) is 0 Å². The third kappa shape index (κ3) is 4.10. The maximum absolute atomic E-state index is 14.8. The predicted molar refractivity (Wildman–Crippen MR) is 126 cm³/mol. The smallest absolute Gasteiger partial charge is 0.188 e. The standard InChI is InChI=1S/C26H23FN2OS/c1-16-6-12-23-24(14-16)31-26(29-23)28-22-13-11-20(15-21(22)27)17-7-9-19(10-8-17)25(30)18-4-2-3-5-18/h6-15,18H,2-5H2,1H3,(H,28,29). The van der Waals surface area contributed by atoms with Gasteiger partial charge in [0, 0.05) is 11.5 Å². The van der Waals surface area contributed by atoms with Gasteiger partial charge in [0.15, 0.2) is 10.9 Å². The van der Waals surface area contributed by atoms with Gasteiger partial charge in [0.05, 0.1) is 15.9 Å². The van der Waals surface area contributed by atoms with Crippen molar-refractivity contribution >= 4 is 38.2 Å².